The van der Waals surface area contributed by atoms with Gasteiger partial charge in [-0.1, -0.05) is 22.7 Å². The van der Waals surface area contributed by atoms with Crippen molar-refractivity contribution >= 4 is 56.2 Å². The van der Waals surface area contributed by atoms with Crippen LogP contribution in [0.5, 0.6) is 0 Å². The summed E-state index contributed by atoms with van der Waals surface area (Å²) in [6.45, 7) is 7.76. The van der Waals surface area contributed by atoms with E-state index in [1.165, 1.54) is 40.9 Å². The van der Waals surface area contributed by atoms with Crippen LogP contribution in [0.1, 0.15) is 55.1 Å². The van der Waals surface area contributed by atoms with Crippen molar-refractivity contribution in [3.8, 4) is 0 Å². The van der Waals surface area contributed by atoms with Crippen LogP contribution in [0.2, 0.25) is 0 Å². The van der Waals surface area contributed by atoms with Crippen LogP contribution in [0.4, 0.5) is 0 Å². The maximum absolute atomic E-state index is 12.2. The predicted octanol–water partition coefficient (Wildman–Crippen LogP) is 3.03. The van der Waals surface area contributed by atoms with E-state index < -0.39 is 17.7 Å². The highest BCUT2D eigenvalue weighted by molar-refractivity contribution is 7.19. The van der Waals surface area contributed by atoms with Gasteiger partial charge in [0.25, 0.3) is 11.7 Å². The summed E-state index contributed by atoms with van der Waals surface area (Å²) in [5.41, 5.74) is 1.58. The number of rotatable bonds is 6. The number of ether oxygens (including phenoxy) is 2. The maximum atomic E-state index is 12.2. The van der Waals surface area contributed by atoms with Gasteiger partial charge < -0.3 is 14.4 Å². The van der Waals surface area contributed by atoms with E-state index >= 15 is 0 Å². The Kier molecular flexibility index (Phi) is 8.02. The van der Waals surface area contributed by atoms with E-state index in [0.29, 0.717) is 27.0 Å². The summed E-state index contributed by atoms with van der Waals surface area (Å²) in [5.74, 6) is -2.02. The molecule has 0 N–H and O–H groups in total. The number of likely N-dealkylation sites (N-methyl/N-ethyl adjacent to an activating group) is 1. The Morgan fingerprint density at radius 3 is 2.03 bits per heavy atom. The van der Waals surface area contributed by atoms with Crippen LogP contribution in [0, 0.1) is 13.8 Å². The Labute approximate surface area is 208 Å². The highest BCUT2D eigenvalue weighted by Crippen LogP contribution is 2.25. The Morgan fingerprint density at radius 2 is 1.49 bits per heavy atom. The largest absolute Gasteiger partial charge is 0.462 e. The van der Waals surface area contributed by atoms with Gasteiger partial charge in [-0.25, -0.2) is 19.6 Å². The molecule has 0 aromatic carbocycles. The molecule has 0 bridgehead atoms. The number of amides is 1. The number of hydrogen-bond donors (Lipinski definition) is 0. The molecule has 4 aromatic rings. The number of hydrogen-bond acceptors (Lipinski definition) is 10. The summed E-state index contributed by atoms with van der Waals surface area (Å²) in [7, 11) is 3.01. The molecule has 1 amide bonds. The van der Waals surface area contributed by atoms with Crippen molar-refractivity contribution in [3.05, 3.63) is 45.4 Å². The number of aromatic nitrogens is 4. The molecule has 0 spiro atoms. The number of fused-ring (bicyclic) bond motifs is 2. The van der Waals surface area contributed by atoms with Crippen LogP contribution >= 0.6 is 22.7 Å². The van der Waals surface area contributed by atoms with Gasteiger partial charge in [0.1, 0.15) is 15.4 Å². The van der Waals surface area contributed by atoms with E-state index in [-0.39, 0.29) is 18.3 Å². The summed E-state index contributed by atoms with van der Waals surface area (Å²) < 4.78 is 13.3. The highest BCUT2D eigenvalue weighted by Gasteiger charge is 2.26. The molecule has 4 aromatic heterocycles. The molecule has 0 saturated carbocycles. The van der Waals surface area contributed by atoms with Gasteiger partial charge in [0, 0.05) is 37.9 Å². The quantitative estimate of drug-likeness (QED) is 0.216. The van der Waals surface area contributed by atoms with E-state index in [9.17, 15) is 19.2 Å². The third-order valence-electron chi connectivity index (χ3n) is 4.83. The molecule has 0 aliphatic rings. The van der Waals surface area contributed by atoms with Crippen LogP contribution in [0.3, 0.4) is 0 Å². The number of carbonyl (C=O) groups is 4. The molecular formula is C22H25N5O6S2. The van der Waals surface area contributed by atoms with Crippen molar-refractivity contribution in [1.82, 2.24) is 23.7 Å². The minimum atomic E-state index is -0.663. The van der Waals surface area contributed by atoms with Gasteiger partial charge >= 0.3 is 11.9 Å². The molecule has 4 rings (SSSR count). The van der Waals surface area contributed by atoms with Crippen molar-refractivity contribution < 1.29 is 28.7 Å². The maximum Gasteiger partial charge on any atom is 0.350 e. The van der Waals surface area contributed by atoms with Gasteiger partial charge in [0.15, 0.2) is 9.92 Å². The topological polar surface area (TPSA) is 125 Å². The SMILES string of the molecule is CCOC(=O)c1sc2ncc(C(=O)C(=O)N(C)C)n2c1C.CCOC(=O)c1sc2nccn2c1C. The third kappa shape index (κ3) is 5.10. The van der Waals surface area contributed by atoms with E-state index in [4.69, 9.17) is 9.47 Å². The molecule has 0 atom stereocenters. The number of carbonyl (C=O) groups excluding carboxylic acids is 4. The number of aryl methyl sites for hydroxylation is 2. The Hall–Kier alpha value is -3.58. The van der Waals surface area contributed by atoms with Crippen LogP contribution in [-0.2, 0) is 14.3 Å². The zero-order chi connectivity index (χ0) is 25.9. The first-order chi connectivity index (χ1) is 16.6. The molecule has 11 nitrogen and oxygen atoms in total. The number of thiazole rings is 2. The van der Waals surface area contributed by atoms with Crippen LogP contribution in [0.25, 0.3) is 9.92 Å². The molecule has 0 saturated heterocycles. The summed E-state index contributed by atoms with van der Waals surface area (Å²) in [6, 6.07) is 0. The third-order valence-corrected chi connectivity index (χ3v) is 7.12. The zero-order valence-electron chi connectivity index (χ0n) is 20.1. The average Bonchev–Trinajstić information content (AvgIpc) is 3.57. The van der Waals surface area contributed by atoms with Crippen LogP contribution in [-0.4, -0.2) is 74.6 Å². The number of imidazole rings is 2. The van der Waals surface area contributed by atoms with E-state index in [0.717, 1.165) is 22.0 Å². The fourth-order valence-corrected chi connectivity index (χ4v) is 5.11. The lowest BCUT2D eigenvalue weighted by molar-refractivity contribution is -0.124. The smallest absolute Gasteiger partial charge is 0.350 e. The molecular weight excluding hydrogens is 494 g/mol. The lowest BCUT2D eigenvalue weighted by Crippen LogP contribution is -2.30. The zero-order valence-corrected chi connectivity index (χ0v) is 21.8. The second-order valence-electron chi connectivity index (χ2n) is 7.34. The van der Waals surface area contributed by atoms with Crippen molar-refractivity contribution in [2.24, 2.45) is 0 Å². The second kappa shape index (κ2) is 10.8. The molecule has 0 aliphatic heterocycles. The highest BCUT2D eigenvalue weighted by atomic mass is 32.1. The molecule has 0 radical (unpaired) electrons. The minimum Gasteiger partial charge on any atom is -0.462 e. The second-order valence-corrected chi connectivity index (χ2v) is 9.30. The molecule has 4 heterocycles. The fraction of sp³-hybridized carbons (Fsp3) is 0.364. The first kappa shape index (κ1) is 26.0. The minimum absolute atomic E-state index is 0.146. The normalized spacial score (nSPS) is 10.7. The van der Waals surface area contributed by atoms with Crippen molar-refractivity contribution in [2.45, 2.75) is 27.7 Å². The van der Waals surface area contributed by atoms with Gasteiger partial charge in [-0.2, -0.15) is 0 Å². The number of ketones is 1. The summed E-state index contributed by atoms with van der Waals surface area (Å²) in [5, 5.41) is 0. The monoisotopic (exact) mass is 519 g/mol. The summed E-state index contributed by atoms with van der Waals surface area (Å²) in [4.78, 5) is 59.0. The van der Waals surface area contributed by atoms with Gasteiger partial charge in [-0.15, -0.1) is 0 Å². The molecule has 0 unspecified atom stereocenters. The van der Waals surface area contributed by atoms with E-state index in [2.05, 4.69) is 9.97 Å². The summed E-state index contributed by atoms with van der Waals surface area (Å²) in [6.07, 6.45) is 4.90. The van der Waals surface area contributed by atoms with Gasteiger partial charge in [-0.3, -0.25) is 18.4 Å². The van der Waals surface area contributed by atoms with Crippen molar-refractivity contribution in [3.63, 3.8) is 0 Å². The molecule has 0 fully saturated rings. The molecule has 186 valence electrons. The predicted molar refractivity (Wildman–Crippen MR) is 131 cm³/mol. The average molecular weight is 520 g/mol. The molecule has 0 aliphatic carbocycles. The summed E-state index contributed by atoms with van der Waals surface area (Å²) >= 11 is 2.49. The van der Waals surface area contributed by atoms with Gasteiger partial charge in [0.05, 0.1) is 19.4 Å². The first-order valence-corrected chi connectivity index (χ1v) is 12.2. The standard InChI is InChI=1S/C13H15N3O4S.C9H10N2O2S/c1-5-20-12(19)10-7(2)16-8(6-14-13(16)21-10)9(17)11(18)15(3)4;1-3-13-8(12)7-6(2)11-5-4-10-9(11)14-7/h6H,5H2,1-4H3;4-5H,3H2,1-2H3. The number of Topliss-reactive ketones (excluding diaryl/α,β-unsaturated/α-hetero) is 1. The lowest BCUT2D eigenvalue weighted by Gasteiger charge is -2.08. The van der Waals surface area contributed by atoms with Crippen LogP contribution in [0.15, 0.2) is 18.6 Å². The van der Waals surface area contributed by atoms with Gasteiger partial charge in [0.2, 0.25) is 0 Å². The first-order valence-electron chi connectivity index (χ1n) is 10.6. The Bertz CT molecular complexity index is 1410. The Balaban J connectivity index is 0.000000211. The van der Waals surface area contributed by atoms with Crippen molar-refractivity contribution in [1.29, 1.82) is 0 Å². The van der Waals surface area contributed by atoms with Gasteiger partial charge in [-0.05, 0) is 27.7 Å². The van der Waals surface area contributed by atoms with E-state index in [1.54, 1.807) is 27.0 Å². The fourth-order valence-electron chi connectivity index (χ4n) is 3.14. The Morgan fingerprint density at radius 1 is 0.914 bits per heavy atom. The molecule has 13 heteroatoms. The molecule has 35 heavy (non-hydrogen) atoms. The number of esters is 2. The van der Waals surface area contributed by atoms with E-state index in [1.807, 2.05) is 17.5 Å². The van der Waals surface area contributed by atoms with Crippen molar-refractivity contribution in [2.75, 3.05) is 27.3 Å². The van der Waals surface area contributed by atoms with Crippen LogP contribution < -0.4 is 0 Å². The number of nitrogens with zero attached hydrogens (tertiary/aromatic N) is 5. The lowest BCUT2D eigenvalue weighted by atomic mass is 10.2.